The fourth-order valence-corrected chi connectivity index (χ4v) is 1.86. The van der Waals surface area contributed by atoms with Crippen LogP contribution >= 0.6 is 0 Å². The zero-order chi connectivity index (χ0) is 10.6. The highest BCUT2D eigenvalue weighted by Crippen LogP contribution is 2.15. The molecule has 0 saturated carbocycles. The molecule has 1 amide bonds. The summed E-state index contributed by atoms with van der Waals surface area (Å²) in [6.45, 7) is 4.83. The van der Waals surface area contributed by atoms with E-state index in [0.29, 0.717) is 13.0 Å². The summed E-state index contributed by atoms with van der Waals surface area (Å²) in [5, 5.41) is 0. The highest BCUT2D eigenvalue weighted by Gasteiger charge is 2.31. The van der Waals surface area contributed by atoms with Gasteiger partial charge >= 0.3 is 0 Å². The number of unbranched alkanes of at least 4 members (excludes halogenated alkanes) is 2. The van der Waals surface area contributed by atoms with Crippen LogP contribution in [-0.4, -0.2) is 29.2 Å². The molecule has 1 heterocycles. The van der Waals surface area contributed by atoms with Gasteiger partial charge in [-0.15, -0.1) is 0 Å². The van der Waals surface area contributed by atoms with Crippen molar-refractivity contribution in [3.63, 3.8) is 0 Å². The van der Waals surface area contributed by atoms with E-state index in [1.54, 1.807) is 4.90 Å². The molecular formula is C11H19NO2. The van der Waals surface area contributed by atoms with Gasteiger partial charge in [-0.1, -0.05) is 26.2 Å². The summed E-state index contributed by atoms with van der Waals surface area (Å²) in [5.41, 5.74) is 0. The summed E-state index contributed by atoms with van der Waals surface area (Å²) in [7, 11) is 0. The standard InChI is InChI=1S/C11H19NO2/c1-3-4-5-6-9(2)12-8-7-10(13)11(12)14/h9H,3-8H2,1-2H3. The van der Waals surface area contributed by atoms with Crippen LogP contribution in [0.5, 0.6) is 0 Å². The van der Waals surface area contributed by atoms with E-state index in [4.69, 9.17) is 0 Å². The third kappa shape index (κ3) is 2.56. The van der Waals surface area contributed by atoms with Crippen LogP contribution in [0.4, 0.5) is 0 Å². The maximum Gasteiger partial charge on any atom is 0.290 e. The molecule has 1 aliphatic rings. The maximum atomic E-state index is 11.4. The van der Waals surface area contributed by atoms with Gasteiger partial charge in [0, 0.05) is 19.0 Å². The minimum atomic E-state index is -0.269. The van der Waals surface area contributed by atoms with Gasteiger partial charge in [-0.05, 0) is 13.3 Å². The van der Waals surface area contributed by atoms with Crippen molar-refractivity contribution in [2.24, 2.45) is 0 Å². The van der Waals surface area contributed by atoms with E-state index in [0.717, 1.165) is 12.8 Å². The molecule has 0 bridgehead atoms. The Morgan fingerprint density at radius 1 is 1.36 bits per heavy atom. The Balaban J connectivity index is 2.34. The van der Waals surface area contributed by atoms with Crippen LogP contribution in [-0.2, 0) is 9.59 Å². The average Bonchev–Trinajstić information content (AvgIpc) is 2.48. The smallest absolute Gasteiger partial charge is 0.290 e. The Kier molecular flexibility index (Phi) is 4.11. The van der Waals surface area contributed by atoms with Crippen molar-refractivity contribution >= 4 is 11.7 Å². The van der Waals surface area contributed by atoms with E-state index in [1.165, 1.54) is 12.8 Å². The number of hydrogen-bond acceptors (Lipinski definition) is 2. The van der Waals surface area contributed by atoms with Crippen LogP contribution in [0.15, 0.2) is 0 Å². The van der Waals surface area contributed by atoms with Crippen molar-refractivity contribution in [3.05, 3.63) is 0 Å². The molecule has 3 heteroatoms. The molecule has 0 aromatic heterocycles. The van der Waals surface area contributed by atoms with Crippen LogP contribution in [0, 0.1) is 0 Å². The fourth-order valence-electron chi connectivity index (χ4n) is 1.86. The van der Waals surface area contributed by atoms with E-state index in [9.17, 15) is 9.59 Å². The third-order valence-corrected chi connectivity index (χ3v) is 2.84. The van der Waals surface area contributed by atoms with Gasteiger partial charge in [0.2, 0.25) is 5.78 Å². The lowest BCUT2D eigenvalue weighted by molar-refractivity contribution is -0.141. The number of likely N-dealkylation sites (tertiary alicyclic amines) is 1. The number of amides is 1. The minimum absolute atomic E-state index is 0.215. The van der Waals surface area contributed by atoms with Gasteiger partial charge in [0.25, 0.3) is 5.91 Å². The molecule has 1 unspecified atom stereocenters. The van der Waals surface area contributed by atoms with Crippen LogP contribution in [0.25, 0.3) is 0 Å². The number of hydrogen-bond donors (Lipinski definition) is 0. The molecule has 3 nitrogen and oxygen atoms in total. The summed E-state index contributed by atoms with van der Waals surface area (Å²) in [6, 6.07) is 0.237. The SMILES string of the molecule is CCCCCC(C)N1CCC(=O)C1=O. The molecule has 1 fully saturated rings. The second-order valence-corrected chi connectivity index (χ2v) is 4.02. The topological polar surface area (TPSA) is 37.4 Å². The van der Waals surface area contributed by atoms with Crippen LogP contribution in [0.1, 0.15) is 46.0 Å². The van der Waals surface area contributed by atoms with Gasteiger partial charge < -0.3 is 4.90 Å². The average molecular weight is 197 g/mol. The van der Waals surface area contributed by atoms with Gasteiger partial charge in [-0.3, -0.25) is 9.59 Å². The van der Waals surface area contributed by atoms with Gasteiger partial charge in [-0.25, -0.2) is 0 Å². The van der Waals surface area contributed by atoms with E-state index in [-0.39, 0.29) is 17.7 Å². The Hall–Kier alpha value is -0.860. The summed E-state index contributed by atoms with van der Waals surface area (Å²) >= 11 is 0. The van der Waals surface area contributed by atoms with E-state index in [2.05, 4.69) is 6.92 Å². The summed E-state index contributed by atoms with van der Waals surface area (Å²) < 4.78 is 0. The first-order chi connectivity index (χ1) is 6.66. The first-order valence-electron chi connectivity index (χ1n) is 5.50. The fraction of sp³-hybridized carbons (Fsp3) is 0.818. The molecule has 1 atom stereocenters. The van der Waals surface area contributed by atoms with Crippen molar-refractivity contribution in [3.8, 4) is 0 Å². The van der Waals surface area contributed by atoms with Crippen LogP contribution < -0.4 is 0 Å². The van der Waals surface area contributed by atoms with Crippen molar-refractivity contribution in [1.82, 2.24) is 4.90 Å². The summed E-state index contributed by atoms with van der Waals surface area (Å²) in [5.74, 6) is -0.485. The van der Waals surface area contributed by atoms with E-state index in [1.807, 2.05) is 6.92 Å². The number of carbonyl (C=O) groups is 2. The molecule has 1 rings (SSSR count). The molecule has 1 aliphatic heterocycles. The van der Waals surface area contributed by atoms with Crippen molar-refractivity contribution in [2.45, 2.75) is 52.0 Å². The molecule has 1 saturated heterocycles. The number of Topliss-reactive ketones (excluding diaryl/α,β-unsaturated/α-hetero) is 1. The van der Waals surface area contributed by atoms with Gasteiger partial charge in [-0.2, -0.15) is 0 Å². The quantitative estimate of drug-likeness (QED) is 0.497. The van der Waals surface area contributed by atoms with Crippen molar-refractivity contribution in [1.29, 1.82) is 0 Å². The Bertz CT molecular complexity index is 225. The molecular weight excluding hydrogens is 178 g/mol. The summed E-state index contributed by atoms with van der Waals surface area (Å²) in [6.07, 6.45) is 4.99. The second kappa shape index (κ2) is 5.13. The summed E-state index contributed by atoms with van der Waals surface area (Å²) in [4.78, 5) is 24.1. The Labute approximate surface area is 85.5 Å². The predicted octanol–water partition coefficient (Wildman–Crippen LogP) is 1.76. The zero-order valence-corrected chi connectivity index (χ0v) is 9.08. The first-order valence-corrected chi connectivity index (χ1v) is 5.50. The molecule has 80 valence electrons. The zero-order valence-electron chi connectivity index (χ0n) is 9.08. The van der Waals surface area contributed by atoms with Crippen molar-refractivity contribution < 1.29 is 9.59 Å². The molecule has 0 aromatic rings. The highest BCUT2D eigenvalue weighted by molar-refractivity contribution is 6.37. The molecule has 0 N–H and O–H groups in total. The lowest BCUT2D eigenvalue weighted by Crippen LogP contribution is -2.35. The van der Waals surface area contributed by atoms with E-state index >= 15 is 0 Å². The largest absolute Gasteiger partial charge is 0.333 e. The molecule has 0 radical (unpaired) electrons. The number of carbonyl (C=O) groups excluding carboxylic acids is 2. The second-order valence-electron chi connectivity index (χ2n) is 4.02. The van der Waals surface area contributed by atoms with Crippen molar-refractivity contribution in [2.75, 3.05) is 6.54 Å². The minimum Gasteiger partial charge on any atom is -0.333 e. The predicted molar refractivity (Wildman–Crippen MR) is 54.9 cm³/mol. The normalized spacial score (nSPS) is 19.1. The molecule has 0 aliphatic carbocycles. The number of ketones is 1. The highest BCUT2D eigenvalue weighted by atomic mass is 16.2. The van der Waals surface area contributed by atoms with E-state index < -0.39 is 0 Å². The third-order valence-electron chi connectivity index (χ3n) is 2.84. The first kappa shape index (κ1) is 11.2. The molecule has 0 aromatic carbocycles. The Morgan fingerprint density at radius 2 is 2.07 bits per heavy atom. The van der Waals surface area contributed by atoms with Gasteiger partial charge in [0.15, 0.2) is 0 Å². The maximum absolute atomic E-state index is 11.4. The lowest BCUT2D eigenvalue weighted by Gasteiger charge is -2.23. The number of nitrogens with zero attached hydrogens (tertiary/aromatic N) is 1. The lowest BCUT2D eigenvalue weighted by atomic mass is 10.1. The molecule has 0 spiro atoms. The van der Waals surface area contributed by atoms with Crippen LogP contribution in [0.3, 0.4) is 0 Å². The van der Waals surface area contributed by atoms with Crippen LogP contribution in [0.2, 0.25) is 0 Å². The monoisotopic (exact) mass is 197 g/mol. The number of rotatable bonds is 5. The molecule has 14 heavy (non-hydrogen) atoms. The Morgan fingerprint density at radius 3 is 2.57 bits per heavy atom. The van der Waals surface area contributed by atoms with Gasteiger partial charge in [0.1, 0.15) is 0 Å². The van der Waals surface area contributed by atoms with Gasteiger partial charge in [0.05, 0.1) is 0 Å².